The van der Waals surface area contributed by atoms with Crippen LogP contribution in [0, 0.1) is 11.8 Å². The van der Waals surface area contributed by atoms with Gasteiger partial charge in [0.05, 0.1) is 0 Å². The molecule has 4 aliphatic carbocycles. The first-order chi connectivity index (χ1) is 26.0. The molecule has 56 heavy (non-hydrogen) atoms. The van der Waals surface area contributed by atoms with Gasteiger partial charge in [0.2, 0.25) is 0 Å². The second-order valence-electron chi connectivity index (χ2n) is 16.7. The zero-order chi connectivity index (χ0) is 37.2. The van der Waals surface area contributed by atoms with E-state index in [9.17, 15) is 26.3 Å². The molecule has 4 aromatic rings. The van der Waals surface area contributed by atoms with Crippen LogP contribution in [-0.2, 0) is 32.6 Å². The number of rotatable bonds is 6. The molecule has 0 spiro atoms. The van der Waals surface area contributed by atoms with Gasteiger partial charge in [-0.05, 0) is 0 Å². The van der Waals surface area contributed by atoms with Gasteiger partial charge in [0.15, 0.2) is 0 Å². The smallest absolute Gasteiger partial charge is 1.00 e. The van der Waals surface area contributed by atoms with E-state index in [1.54, 1.807) is 35.4 Å². The van der Waals surface area contributed by atoms with Gasteiger partial charge in [-0.25, -0.2) is 0 Å². The minimum atomic E-state index is -4.38. The Kier molecular flexibility index (Phi) is 12.0. The van der Waals surface area contributed by atoms with Gasteiger partial charge in [-0.15, -0.1) is 0 Å². The molecule has 0 aromatic heterocycles. The molecule has 1 heterocycles. The third-order valence-electron chi connectivity index (χ3n) is 13.8. The molecule has 1 saturated heterocycles. The van der Waals surface area contributed by atoms with Crippen molar-refractivity contribution in [3.8, 4) is 22.3 Å². The summed E-state index contributed by atoms with van der Waals surface area (Å²) in [6.07, 6.45) is 9.71. The molecule has 5 aliphatic rings. The van der Waals surface area contributed by atoms with Gasteiger partial charge in [0.1, 0.15) is 0 Å². The molecule has 0 N–H and O–H groups in total. The summed E-state index contributed by atoms with van der Waals surface area (Å²) >= 11 is -3.33. The Morgan fingerprint density at radius 1 is 0.446 bits per heavy atom. The summed E-state index contributed by atoms with van der Waals surface area (Å²) in [5.74, 6) is 1.04. The zero-order valence-electron chi connectivity index (χ0n) is 31.3. The fraction of sp³-hybridized carbons (Fsp3) is 0.404. The van der Waals surface area contributed by atoms with Crippen LogP contribution in [0.2, 0.25) is 8.26 Å². The normalized spacial score (nSPS) is 21.6. The van der Waals surface area contributed by atoms with E-state index in [0.717, 1.165) is 22.3 Å². The summed E-state index contributed by atoms with van der Waals surface area (Å²) in [7, 11) is 0. The Morgan fingerprint density at radius 3 is 1.14 bits per heavy atom. The summed E-state index contributed by atoms with van der Waals surface area (Å²) in [6, 6.07) is 24.6. The van der Waals surface area contributed by atoms with Gasteiger partial charge >= 0.3 is 321 Å². The first-order valence-corrected chi connectivity index (χ1v) is 26.4. The molecule has 3 fully saturated rings. The van der Waals surface area contributed by atoms with Gasteiger partial charge in [0, 0.05) is 0 Å². The van der Waals surface area contributed by atoms with Crippen LogP contribution in [0.5, 0.6) is 0 Å². The molecule has 9 heteroatoms. The molecule has 9 rings (SSSR count). The molecular formula is C47H46Cl2F6Zr. The summed E-state index contributed by atoms with van der Waals surface area (Å²) in [6.45, 7) is 0. The van der Waals surface area contributed by atoms with Crippen LogP contribution in [0.15, 0.2) is 96.1 Å². The van der Waals surface area contributed by atoms with E-state index in [1.165, 1.54) is 125 Å². The third-order valence-corrected chi connectivity index (χ3v) is 29.0. The average molecular weight is 887 g/mol. The molecule has 2 saturated carbocycles. The number of hydrogen-bond donors (Lipinski definition) is 0. The van der Waals surface area contributed by atoms with Crippen molar-refractivity contribution in [2.45, 2.75) is 98.5 Å². The van der Waals surface area contributed by atoms with Crippen molar-refractivity contribution >= 4 is 12.2 Å². The van der Waals surface area contributed by atoms with Crippen molar-refractivity contribution < 1.29 is 71.4 Å². The van der Waals surface area contributed by atoms with Crippen LogP contribution in [0.25, 0.3) is 34.4 Å². The Balaban J connectivity index is 0.00000240. The Morgan fingerprint density at radius 2 is 0.821 bits per heavy atom. The van der Waals surface area contributed by atoms with Crippen LogP contribution in [0.4, 0.5) is 26.3 Å². The SMILES string of the molecule is FC(F)(F)c1ccc(-c2cccc3c2C=C(C2CCCCC2)[CH]3[Zr+2]2([CH]3C(C4CCCCC4)=Cc4c(-c5ccc(C(F)(F)F)cc5)cccc43)[CH2]C[CH2]2)cc1.[Cl-].[Cl-]. The third kappa shape index (κ3) is 7.34. The molecule has 0 amide bonds. The van der Waals surface area contributed by atoms with Crippen LogP contribution >= 0.6 is 0 Å². The number of alkyl halides is 6. The van der Waals surface area contributed by atoms with E-state index in [4.69, 9.17) is 0 Å². The maximum Gasteiger partial charge on any atom is -1.00 e. The Labute approximate surface area is 343 Å². The number of fused-ring (bicyclic) bond motifs is 2. The standard InChI is InChI=1S/2C22H20F3.C3H6.2ClH.Zr/c2*23-22(24,25)19-11-9-16(10-12-19)20-8-4-7-17-13-18(14-21(17)20)15-5-2-1-3-6-15;1-3-2;;;/h2*4,7-15H,1-3,5-6H2;1-3H2;2*1H;/q;;;;;+2/p-2. The molecule has 294 valence electrons. The van der Waals surface area contributed by atoms with Crippen LogP contribution in [-0.4, -0.2) is 0 Å². The first kappa shape index (κ1) is 41.6. The predicted octanol–water partition coefficient (Wildman–Crippen LogP) is 9.20. The predicted molar refractivity (Wildman–Crippen MR) is 203 cm³/mol. The topological polar surface area (TPSA) is 0 Å². The van der Waals surface area contributed by atoms with E-state index < -0.39 is 43.7 Å². The Bertz CT molecular complexity index is 1950. The van der Waals surface area contributed by atoms with Gasteiger partial charge in [0.25, 0.3) is 0 Å². The van der Waals surface area contributed by atoms with Crippen molar-refractivity contribution in [2.75, 3.05) is 0 Å². The summed E-state index contributed by atoms with van der Waals surface area (Å²) in [4.78, 5) is 0. The van der Waals surface area contributed by atoms with Crippen LogP contribution < -0.4 is 24.8 Å². The first-order valence-electron chi connectivity index (χ1n) is 20.1. The van der Waals surface area contributed by atoms with Crippen molar-refractivity contribution in [1.29, 1.82) is 0 Å². The van der Waals surface area contributed by atoms with Gasteiger partial charge in [-0.2, -0.15) is 0 Å². The second kappa shape index (κ2) is 16.2. The fourth-order valence-electron chi connectivity index (χ4n) is 11.2. The van der Waals surface area contributed by atoms with Crippen molar-refractivity contribution in [2.24, 2.45) is 11.8 Å². The molecule has 1 aliphatic heterocycles. The average Bonchev–Trinajstić information content (AvgIpc) is 3.75. The Hall–Kier alpha value is -2.60. The van der Waals surface area contributed by atoms with Crippen LogP contribution in [0.3, 0.4) is 0 Å². The van der Waals surface area contributed by atoms with Crippen molar-refractivity contribution in [3.05, 3.63) is 129 Å². The molecule has 4 aromatic carbocycles. The zero-order valence-corrected chi connectivity index (χ0v) is 35.2. The quantitative estimate of drug-likeness (QED) is 0.170. The number of halogens is 8. The maximum atomic E-state index is 13.6. The molecular weight excluding hydrogens is 841 g/mol. The number of benzene rings is 4. The summed E-state index contributed by atoms with van der Waals surface area (Å²) in [5, 5.41) is 0. The fourth-order valence-corrected chi connectivity index (χ4v) is 26.9. The molecule has 2 unspecified atom stereocenters. The number of hydrogen-bond acceptors (Lipinski definition) is 0. The van der Waals surface area contributed by atoms with Gasteiger partial charge < -0.3 is 24.8 Å². The van der Waals surface area contributed by atoms with Crippen molar-refractivity contribution in [3.63, 3.8) is 0 Å². The van der Waals surface area contributed by atoms with E-state index in [-0.39, 0.29) is 24.8 Å². The summed E-state index contributed by atoms with van der Waals surface area (Å²) in [5.41, 5.74) is 10.9. The molecule has 0 nitrogen and oxygen atoms in total. The van der Waals surface area contributed by atoms with Crippen LogP contribution in [0.1, 0.15) is 111 Å². The van der Waals surface area contributed by atoms with E-state index in [2.05, 4.69) is 48.6 Å². The second-order valence-corrected chi connectivity index (χ2v) is 28.0. The number of allylic oxidation sites excluding steroid dienone is 2. The largest absolute Gasteiger partial charge is 1.00 e. The minimum absolute atomic E-state index is 0. The minimum Gasteiger partial charge on any atom is -1.00 e. The van der Waals surface area contributed by atoms with E-state index in [1.807, 2.05) is 0 Å². The summed E-state index contributed by atoms with van der Waals surface area (Å²) < 4.78 is 84.9. The molecule has 0 bridgehead atoms. The van der Waals surface area contributed by atoms with Gasteiger partial charge in [-0.3, -0.25) is 0 Å². The monoisotopic (exact) mass is 884 g/mol. The van der Waals surface area contributed by atoms with Gasteiger partial charge in [-0.1, -0.05) is 0 Å². The molecule has 2 atom stereocenters. The van der Waals surface area contributed by atoms with E-state index >= 15 is 0 Å². The van der Waals surface area contributed by atoms with E-state index in [0.29, 0.717) is 19.1 Å². The molecule has 0 radical (unpaired) electrons. The van der Waals surface area contributed by atoms with Crippen molar-refractivity contribution in [1.82, 2.24) is 0 Å². The maximum absolute atomic E-state index is 13.6.